The molecule has 2 aromatic carbocycles. The van der Waals surface area contributed by atoms with Gasteiger partial charge in [-0.25, -0.2) is 4.68 Å². The topological polar surface area (TPSA) is 64.0 Å². The van der Waals surface area contributed by atoms with E-state index in [-0.39, 0.29) is 23.0 Å². The number of carbonyl (C=O) groups is 1. The molecule has 0 unspecified atom stereocenters. The molecule has 3 aromatic rings. The minimum Gasteiger partial charge on any atom is -0.341 e. The molecule has 0 spiro atoms. The fourth-order valence-corrected chi connectivity index (χ4v) is 3.77. The summed E-state index contributed by atoms with van der Waals surface area (Å²) in [6, 6.07) is 17.1. The van der Waals surface area contributed by atoms with Crippen molar-refractivity contribution in [3.8, 4) is 0 Å². The van der Waals surface area contributed by atoms with Crippen LogP contribution in [-0.2, 0) is 5.54 Å². The normalized spacial score (nSPS) is 15.5. The van der Waals surface area contributed by atoms with Crippen molar-refractivity contribution in [2.75, 3.05) is 0 Å². The minimum absolute atomic E-state index is 0.125. The van der Waals surface area contributed by atoms with Gasteiger partial charge >= 0.3 is 0 Å². The molecular formula is C22H23N3O2. The molecule has 1 saturated carbocycles. The Morgan fingerprint density at radius 1 is 1.04 bits per heavy atom. The number of fused-ring (bicyclic) bond motifs is 1. The Labute approximate surface area is 158 Å². The zero-order valence-electron chi connectivity index (χ0n) is 15.6. The van der Waals surface area contributed by atoms with Crippen molar-refractivity contribution in [2.45, 2.75) is 44.7 Å². The van der Waals surface area contributed by atoms with Crippen molar-refractivity contribution in [3.63, 3.8) is 0 Å². The van der Waals surface area contributed by atoms with Crippen molar-refractivity contribution < 1.29 is 4.79 Å². The zero-order valence-corrected chi connectivity index (χ0v) is 15.6. The van der Waals surface area contributed by atoms with Gasteiger partial charge in [0.25, 0.3) is 11.5 Å². The lowest BCUT2D eigenvalue weighted by atomic mass is 9.71. The highest BCUT2D eigenvalue weighted by molar-refractivity contribution is 6.05. The quantitative estimate of drug-likeness (QED) is 0.769. The van der Waals surface area contributed by atoms with Crippen LogP contribution in [0.1, 0.15) is 55.2 Å². The third-order valence-corrected chi connectivity index (χ3v) is 5.42. The number of nitrogens with one attached hydrogen (secondary N) is 1. The van der Waals surface area contributed by atoms with Gasteiger partial charge in [-0.15, -0.1) is 0 Å². The van der Waals surface area contributed by atoms with E-state index in [2.05, 4.69) is 22.5 Å². The number of rotatable bonds is 4. The van der Waals surface area contributed by atoms with E-state index in [1.165, 1.54) is 4.68 Å². The maximum atomic E-state index is 13.2. The molecule has 5 nitrogen and oxygen atoms in total. The highest BCUT2D eigenvalue weighted by Gasteiger charge is 2.40. The number of aromatic nitrogens is 2. The van der Waals surface area contributed by atoms with Crippen LogP contribution in [0.4, 0.5) is 0 Å². The van der Waals surface area contributed by atoms with E-state index in [0.717, 1.165) is 24.8 Å². The van der Waals surface area contributed by atoms with E-state index in [9.17, 15) is 9.59 Å². The van der Waals surface area contributed by atoms with Crippen LogP contribution < -0.4 is 10.9 Å². The van der Waals surface area contributed by atoms with Crippen molar-refractivity contribution >= 4 is 16.7 Å². The predicted octanol–water partition coefficient (Wildman–Crippen LogP) is 3.79. The Morgan fingerprint density at radius 2 is 1.67 bits per heavy atom. The second-order valence-corrected chi connectivity index (χ2v) is 7.49. The van der Waals surface area contributed by atoms with Crippen molar-refractivity contribution in [1.29, 1.82) is 0 Å². The molecule has 1 fully saturated rings. The molecule has 1 aromatic heterocycles. The summed E-state index contributed by atoms with van der Waals surface area (Å²) in [6.45, 7) is 3.78. The van der Waals surface area contributed by atoms with Crippen molar-refractivity contribution in [2.24, 2.45) is 0 Å². The monoisotopic (exact) mass is 361 g/mol. The first-order valence-electron chi connectivity index (χ1n) is 9.41. The highest BCUT2D eigenvalue weighted by Crippen LogP contribution is 2.41. The molecule has 27 heavy (non-hydrogen) atoms. The SMILES string of the molecule is CC(C)n1nc(C(=O)NC2(c3ccccc3)CCC2)c2ccccc2c1=O. The molecule has 0 aliphatic heterocycles. The molecule has 5 heteroatoms. The fraction of sp³-hybridized carbons (Fsp3) is 0.318. The Morgan fingerprint density at radius 3 is 2.26 bits per heavy atom. The van der Waals surface area contributed by atoms with Crippen LogP contribution in [0.25, 0.3) is 10.8 Å². The summed E-state index contributed by atoms with van der Waals surface area (Å²) < 4.78 is 1.40. The van der Waals surface area contributed by atoms with Crippen LogP contribution in [0, 0.1) is 0 Å². The first-order chi connectivity index (χ1) is 13.0. The second kappa shape index (κ2) is 6.65. The summed E-state index contributed by atoms with van der Waals surface area (Å²) in [4.78, 5) is 25.9. The number of amides is 1. The summed E-state index contributed by atoms with van der Waals surface area (Å²) in [5.74, 6) is -0.232. The van der Waals surface area contributed by atoms with Gasteiger partial charge in [-0.1, -0.05) is 48.5 Å². The third-order valence-electron chi connectivity index (χ3n) is 5.42. The van der Waals surface area contributed by atoms with Gasteiger partial charge < -0.3 is 5.32 Å². The van der Waals surface area contributed by atoms with Gasteiger partial charge in [-0.3, -0.25) is 9.59 Å². The van der Waals surface area contributed by atoms with Crippen LogP contribution in [0.5, 0.6) is 0 Å². The van der Waals surface area contributed by atoms with Gasteiger partial charge in [0, 0.05) is 5.39 Å². The first kappa shape index (κ1) is 17.5. The minimum atomic E-state index is -0.347. The molecule has 0 bridgehead atoms. The van der Waals surface area contributed by atoms with E-state index in [4.69, 9.17) is 0 Å². The lowest BCUT2D eigenvalue weighted by Gasteiger charge is -2.43. The van der Waals surface area contributed by atoms with Crippen molar-refractivity contribution in [1.82, 2.24) is 15.1 Å². The molecule has 0 atom stereocenters. The Bertz CT molecular complexity index is 1050. The summed E-state index contributed by atoms with van der Waals surface area (Å²) in [5, 5.41) is 8.77. The number of hydrogen-bond acceptors (Lipinski definition) is 3. The Kier molecular flexibility index (Phi) is 4.30. The van der Waals surface area contributed by atoms with E-state index in [1.807, 2.05) is 44.2 Å². The van der Waals surface area contributed by atoms with E-state index in [1.54, 1.807) is 12.1 Å². The van der Waals surface area contributed by atoms with Gasteiger partial charge in [0.15, 0.2) is 5.69 Å². The lowest BCUT2D eigenvalue weighted by molar-refractivity contribution is 0.0817. The second-order valence-electron chi connectivity index (χ2n) is 7.49. The maximum absolute atomic E-state index is 13.2. The van der Waals surface area contributed by atoms with Gasteiger partial charge in [0.1, 0.15) is 0 Å². The first-order valence-corrected chi connectivity index (χ1v) is 9.41. The van der Waals surface area contributed by atoms with Gasteiger partial charge in [-0.05, 0) is 44.7 Å². The standard InChI is InChI=1S/C22H23N3O2/c1-15(2)25-21(27)18-12-7-6-11-17(18)19(24-25)20(26)23-22(13-8-14-22)16-9-4-3-5-10-16/h3-7,9-12,15H,8,13-14H2,1-2H3,(H,23,26). The average molecular weight is 361 g/mol. The molecule has 4 rings (SSSR count). The molecule has 1 aliphatic rings. The molecule has 0 saturated heterocycles. The van der Waals surface area contributed by atoms with Crippen LogP contribution in [-0.4, -0.2) is 15.7 Å². The Hall–Kier alpha value is -2.95. The molecule has 1 amide bonds. The van der Waals surface area contributed by atoms with Gasteiger partial charge in [-0.2, -0.15) is 5.10 Å². The number of hydrogen-bond donors (Lipinski definition) is 1. The van der Waals surface area contributed by atoms with Gasteiger partial charge in [0.2, 0.25) is 0 Å². The predicted molar refractivity (Wildman–Crippen MR) is 106 cm³/mol. The molecular weight excluding hydrogens is 338 g/mol. The molecule has 138 valence electrons. The summed E-state index contributed by atoms with van der Waals surface area (Å²) in [6.07, 6.45) is 2.89. The van der Waals surface area contributed by atoms with E-state index < -0.39 is 0 Å². The number of benzene rings is 2. The summed E-state index contributed by atoms with van der Waals surface area (Å²) >= 11 is 0. The summed E-state index contributed by atoms with van der Waals surface area (Å²) in [7, 11) is 0. The third kappa shape index (κ3) is 2.93. The average Bonchev–Trinajstić information content (AvgIpc) is 2.65. The Balaban J connectivity index is 1.79. The molecule has 1 aliphatic carbocycles. The van der Waals surface area contributed by atoms with Crippen LogP contribution >= 0.6 is 0 Å². The highest BCUT2D eigenvalue weighted by atomic mass is 16.2. The fourth-order valence-electron chi connectivity index (χ4n) is 3.77. The zero-order chi connectivity index (χ0) is 19.0. The van der Waals surface area contributed by atoms with Crippen LogP contribution in [0.2, 0.25) is 0 Å². The number of nitrogens with zero attached hydrogens (tertiary/aromatic N) is 2. The maximum Gasteiger partial charge on any atom is 0.274 e. The van der Waals surface area contributed by atoms with E-state index in [0.29, 0.717) is 16.5 Å². The smallest absolute Gasteiger partial charge is 0.274 e. The van der Waals surface area contributed by atoms with Crippen LogP contribution in [0.15, 0.2) is 59.4 Å². The summed E-state index contributed by atoms with van der Waals surface area (Å²) in [5.41, 5.74) is 0.908. The number of carbonyl (C=O) groups excluding carboxylic acids is 1. The van der Waals surface area contributed by atoms with Crippen molar-refractivity contribution in [3.05, 3.63) is 76.2 Å². The van der Waals surface area contributed by atoms with E-state index >= 15 is 0 Å². The molecule has 1 heterocycles. The largest absolute Gasteiger partial charge is 0.341 e. The lowest BCUT2D eigenvalue weighted by Crippen LogP contribution is -2.51. The van der Waals surface area contributed by atoms with Crippen LogP contribution in [0.3, 0.4) is 0 Å². The molecule has 1 N–H and O–H groups in total. The van der Waals surface area contributed by atoms with Gasteiger partial charge in [0.05, 0.1) is 17.0 Å². The molecule has 0 radical (unpaired) electrons.